The van der Waals surface area contributed by atoms with Gasteiger partial charge in [0.05, 0.1) is 36.1 Å². The smallest absolute Gasteiger partial charge is 0.379 e. The van der Waals surface area contributed by atoms with Crippen molar-refractivity contribution in [3.8, 4) is 6.07 Å². The molecule has 2 aromatic carbocycles. The van der Waals surface area contributed by atoms with Gasteiger partial charge in [-0.15, -0.1) is 0 Å². The van der Waals surface area contributed by atoms with Crippen LogP contribution < -0.4 is 4.90 Å². The molecule has 4 aliphatic rings. The highest BCUT2D eigenvalue weighted by Crippen LogP contribution is 2.53. The molecule has 8 nitrogen and oxygen atoms in total. The number of nitrogens with zero attached hydrogens (tertiary/aromatic N) is 4. The van der Waals surface area contributed by atoms with Crippen LogP contribution in [-0.4, -0.2) is 72.3 Å². The third-order valence-corrected chi connectivity index (χ3v) is 8.31. The van der Waals surface area contributed by atoms with Crippen molar-refractivity contribution >= 4 is 17.5 Å². The summed E-state index contributed by atoms with van der Waals surface area (Å²) >= 11 is 0. The number of carbonyl (C=O) groups is 2. The predicted octanol–water partition coefficient (Wildman–Crippen LogP) is 3.30. The van der Waals surface area contributed by atoms with Crippen molar-refractivity contribution in [2.45, 2.75) is 43.4 Å². The van der Waals surface area contributed by atoms with E-state index in [1.54, 1.807) is 0 Å². The average Bonchev–Trinajstić information content (AvgIpc) is 3.71. The van der Waals surface area contributed by atoms with Gasteiger partial charge in [-0.25, -0.2) is 4.39 Å². The summed E-state index contributed by atoms with van der Waals surface area (Å²) in [6.45, 7) is 2.22. The average molecular weight is 559 g/mol. The first-order valence-electron chi connectivity index (χ1n) is 13.1. The monoisotopic (exact) mass is 558 g/mol. The number of alkyl halides is 3. The largest absolute Gasteiger partial charge is 0.416 e. The summed E-state index contributed by atoms with van der Waals surface area (Å²) in [5.74, 6) is -1.71. The van der Waals surface area contributed by atoms with E-state index >= 15 is 0 Å². The molecule has 2 aromatic rings. The highest BCUT2D eigenvalue weighted by Gasteiger charge is 2.65. The molecule has 4 fully saturated rings. The Labute approximate surface area is 227 Å². The van der Waals surface area contributed by atoms with E-state index in [0.717, 1.165) is 36.2 Å². The molecule has 0 bridgehead atoms. The van der Waals surface area contributed by atoms with Gasteiger partial charge in [0.1, 0.15) is 30.2 Å². The molecule has 1 unspecified atom stereocenters. The maximum Gasteiger partial charge on any atom is 0.416 e. The van der Waals surface area contributed by atoms with Gasteiger partial charge >= 0.3 is 6.18 Å². The summed E-state index contributed by atoms with van der Waals surface area (Å²) in [5, 5.41) is 9.08. The zero-order valence-corrected chi connectivity index (χ0v) is 21.4. The topological polar surface area (TPSA) is 89.4 Å². The van der Waals surface area contributed by atoms with Crippen LogP contribution in [0, 0.1) is 23.1 Å². The number of carbonyl (C=O) groups excluding carboxylic acids is 2. The molecule has 3 aliphatic heterocycles. The summed E-state index contributed by atoms with van der Waals surface area (Å²) < 4.78 is 65.5. The summed E-state index contributed by atoms with van der Waals surface area (Å²) in [6.07, 6.45) is -4.11. The van der Waals surface area contributed by atoms with Crippen LogP contribution in [0.1, 0.15) is 29.5 Å². The lowest BCUT2D eigenvalue weighted by atomic mass is 9.63. The number of ether oxygens (including phenoxy) is 2. The van der Waals surface area contributed by atoms with E-state index in [1.165, 1.54) is 29.2 Å². The molecule has 3 saturated heterocycles. The second kappa shape index (κ2) is 9.83. The van der Waals surface area contributed by atoms with E-state index in [4.69, 9.17) is 14.7 Å². The number of anilines is 1. The Morgan fingerprint density at radius 2 is 1.75 bits per heavy atom. The zero-order chi connectivity index (χ0) is 28.2. The molecule has 3 heterocycles. The van der Waals surface area contributed by atoms with Crippen LogP contribution in [0.25, 0.3) is 0 Å². The predicted molar refractivity (Wildman–Crippen MR) is 132 cm³/mol. The molecule has 1 aliphatic carbocycles. The summed E-state index contributed by atoms with van der Waals surface area (Å²) in [5.41, 5.74) is -1.66. The third kappa shape index (κ3) is 4.62. The lowest BCUT2D eigenvalue weighted by molar-refractivity contribution is -0.163. The van der Waals surface area contributed by atoms with Gasteiger partial charge in [-0.3, -0.25) is 19.4 Å². The number of rotatable bonds is 5. The second-order valence-corrected chi connectivity index (χ2v) is 10.7. The SMILES string of the molecule is N#Cc1ccc(N2CC(=O)N(Cc3ccc(C(F)(F)F)cc3)C3(CC([C@H]4OC4N4CCOCC4)C3)C2=O)c(F)c1. The van der Waals surface area contributed by atoms with Crippen molar-refractivity contribution in [3.05, 3.63) is 65.0 Å². The molecule has 0 N–H and O–H groups in total. The number of nitriles is 1. The Morgan fingerprint density at radius 1 is 1.05 bits per heavy atom. The maximum absolute atomic E-state index is 14.9. The lowest BCUT2D eigenvalue weighted by Crippen LogP contribution is -2.73. The quantitative estimate of drug-likeness (QED) is 0.414. The minimum Gasteiger partial charge on any atom is -0.379 e. The van der Waals surface area contributed by atoms with Crippen LogP contribution in [0.4, 0.5) is 23.2 Å². The van der Waals surface area contributed by atoms with Gasteiger partial charge in [0.2, 0.25) is 5.91 Å². The van der Waals surface area contributed by atoms with Gasteiger partial charge in [0.15, 0.2) is 0 Å². The minimum absolute atomic E-state index is 0.0227. The fraction of sp³-hybridized carbons (Fsp3) is 0.464. The first-order chi connectivity index (χ1) is 19.1. The van der Waals surface area contributed by atoms with Gasteiger partial charge in [-0.05, 0) is 54.7 Å². The minimum atomic E-state index is -4.50. The van der Waals surface area contributed by atoms with E-state index in [9.17, 15) is 27.2 Å². The Morgan fingerprint density at radius 3 is 2.38 bits per heavy atom. The van der Waals surface area contributed by atoms with Crippen LogP contribution >= 0.6 is 0 Å². The number of morpholine rings is 1. The van der Waals surface area contributed by atoms with Crippen LogP contribution in [-0.2, 0) is 31.8 Å². The van der Waals surface area contributed by atoms with Crippen molar-refractivity contribution < 1.29 is 36.6 Å². The van der Waals surface area contributed by atoms with Crippen molar-refractivity contribution in [3.63, 3.8) is 0 Å². The molecular weight excluding hydrogens is 532 g/mol. The molecular formula is C28H26F4N4O4. The molecule has 1 saturated carbocycles. The number of piperazine rings is 1. The van der Waals surface area contributed by atoms with E-state index in [1.807, 2.05) is 6.07 Å². The van der Waals surface area contributed by atoms with Gasteiger partial charge in [0, 0.05) is 19.6 Å². The van der Waals surface area contributed by atoms with Crippen molar-refractivity contribution in [1.29, 1.82) is 5.26 Å². The van der Waals surface area contributed by atoms with Crippen LogP contribution in [0.15, 0.2) is 42.5 Å². The summed E-state index contributed by atoms with van der Waals surface area (Å²) in [7, 11) is 0. The van der Waals surface area contributed by atoms with E-state index in [0.29, 0.717) is 18.8 Å². The van der Waals surface area contributed by atoms with Crippen molar-refractivity contribution in [1.82, 2.24) is 9.80 Å². The molecule has 0 aromatic heterocycles. The highest BCUT2D eigenvalue weighted by atomic mass is 19.4. The summed E-state index contributed by atoms with van der Waals surface area (Å²) in [4.78, 5) is 32.3. The van der Waals surface area contributed by atoms with Crippen LogP contribution in [0.3, 0.4) is 0 Å². The number of benzene rings is 2. The van der Waals surface area contributed by atoms with Gasteiger partial charge in [0.25, 0.3) is 5.91 Å². The van der Waals surface area contributed by atoms with Crippen molar-refractivity contribution in [2.75, 3.05) is 37.7 Å². The molecule has 210 valence electrons. The number of hydrogen-bond acceptors (Lipinski definition) is 6. The number of halogens is 4. The van der Waals surface area contributed by atoms with Gasteiger partial charge in [-0.1, -0.05) is 12.1 Å². The Kier molecular flexibility index (Phi) is 6.56. The first kappa shape index (κ1) is 26.7. The summed E-state index contributed by atoms with van der Waals surface area (Å²) in [6, 6.07) is 10.1. The Balaban J connectivity index is 1.27. The third-order valence-electron chi connectivity index (χ3n) is 8.31. The van der Waals surface area contributed by atoms with Crippen molar-refractivity contribution in [2.24, 2.45) is 5.92 Å². The highest BCUT2D eigenvalue weighted by molar-refractivity contribution is 6.09. The molecule has 0 radical (unpaired) electrons. The lowest BCUT2D eigenvalue weighted by Gasteiger charge is -2.57. The standard InChI is InChI=1S/C28H26F4N4O4/c29-21-11-18(14-33)3-6-22(21)35-16-23(37)36(15-17-1-4-20(5-2-17)28(30,31)32)27(26(35)38)12-19(13-27)24-25(40-24)34-7-9-39-10-8-34/h1-6,11,19,24-25H,7-10,12-13,15-16H2/t19?,24-,25?,27?/m1/s1. The molecule has 1 spiro atoms. The van der Waals surface area contributed by atoms with Gasteiger partial charge in [-0.2, -0.15) is 18.4 Å². The number of amides is 2. The fourth-order valence-electron chi connectivity index (χ4n) is 6.13. The number of epoxide rings is 1. The van der Waals surface area contributed by atoms with E-state index < -0.39 is 41.5 Å². The zero-order valence-electron chi connectivity index (χ0n) is 21.4. The van der Waals surface area contributed by atoms with Crippen LogP contribution in [0.5, 0.6) is 0 Å². The normalized spacial score (nSPS) is 28.9. The maximum atomic E-state index is 14.9. The van der Waals surface area contributed by atoms with Gasteiger partial charge < -0.3 is 14.4 Å². The van der Waals surface area contributed by atoms with E-state index in [-0.39, 0.29) is 48.9 Å². The number of hydrogen-bond donors (Lipinski definition) is 0. The second-order valence-electron chi connectivity index (χ2n) is 10.7. The fourth-order valence-corrected chi connectivity index (χ4v) is 6.13. The van der Waals surface area contributed by atoms with E-state index in [2.05, 4.69) is 4.90 Å². The first-order valence-corrected chi connectivity index (χ1v) is 13.1. The molecule has 2 atom stereocenters. The molecule has 40 heavy (non-hydrogen) atoms. The molecule has 6 rings (SSSR count). The molecule has 2 amide bonds. The Hall–Kier alpha value is -3.53. The molecule has 12 heteroatoms. The van der Waals surface area contributed by atoms with Crippen LogP contribution in [0.2, 0.25) is 0 Å². The Bertz CT molecular complexity index is 1360.